The Kier molecular flexibility index (Phi) is 8.88. The Balaban J connectivity index is 4.08. The van der Waals surface area contributed by atoms with Crippen LogP contribution in [0, 0.1) is 5.92 Å². The molecular weight excluding hydrogens is 234 g/mol. The average molecular weight is 257 g/mol. The highest BCUT2D eigenvalue weighted by atomic mass is 16.5. The maximum atomic E-state index is 11.3. The predicted octanol–water partition coefficient (Wildman–Crippen LogP) is 1.40. The first kappa shape index (κ1) is 16.6. The summed E-state index contributed by atoms with van der Waals surface area (Å²) in [6.45, 7) is 4.75. The van der Waals surface area contributed by atoms with Gasteiger partial charge in [-0.05, 0) is 26.2 Å². The van der Waals surface area contributed by atoms with Crippen LogP contribution in [0.3, 0.4) is 0 Å². The van der Waals surface area contributed by atoms with Crippen molar-refractivity contribution in [3.63, 3.8) is 0 Å². The number of ketones is 1. The second-order valence-corrected chi connectivity index (χ2v) is 4.32. The third-order valence-corrected chi connectivity index (χ3v) is 2.86. The highest BCUT2D eigenvalue weighted by Crippen LogP contribution is 2.10. The summed E-state index contributed by atoms with van der Waals surface area (Å²) in [6, 6.07) is 0. The van der Waals surface area contributed by atoms with Gasteiger partial charge in [-0.25, -0.2) is 0 Å². The number of hydrogen-bond acceptors (Lipinski definition) is 4. The first-order valence-electron chi connectivity index (χ1n) is 6.34. The second-order valence-electron chi connectivity index (χ2n) is 4.32. The van der Waals surface area contributed by atoms with Crippen LogP contribution in [-0.4, -0.2) is 43.3 Å². The molecule has 0 aliphatic heterocycles. The largest absolute Gasteiger partial charge is 0.468 e. The van der Waals surface area contributed by atoms with Gasteiger partial charge < -0.3 is 9.64 Å². The summed E-state index contributed by atoms with van der Waals surface area (Å²) in [5.41, 5.74) is 0. The Morgan fingerprint density at radius 1 is 1.28 bits per heavy atom. The number of methoxy groups -OCH3 is 1. The van der Waals surface area contributed by atoms with E-state index in [-0.39, 0.29) is 5.78 Å². The smallest absolute Gasteiger partial charge is 0.316 e. The number of carbonyl (C=O) groups is 3. The van der Waals surface area contributed by atoms with Gasteiger partial charge >= 0.3 is 5.97 Å². The van der Waals surface area contributed by atoms with Crippen molar-refractivity contribution in [2.75, 3.05) is 20.2 Å². The van der Waals surface area contributed by atoms with Crippen molar-refractivity contribution in [3.8, 4) is 0 Å². The van der Waals surface area contributed by atoms with Crippen molar-refractivity contribution < 1.29 is 19.1 Å². The van der Waals surface area contributed by atoms with Gasteiger partial charge in [0.15, 0.2) is 0 Å². The van der Waals surface area contributed by atoms with Crippen LogP contribution in [0.25, 0.3) is 0 Å². The molecule has 18 heavy (non-hydrogen) atoms. The highest BCUT2D eigenvalue weighted by molar-refractivity contribution is 5.97. The van der Waals surface area contributed by atoms with Crippen molar-refractivity contribution in [3.05, 3.63) is 0 Å². The number of Topliss-reactive ketones (excluding diaryl/α,β-unsaturated/α-hetero) is 1. The maximum Gasteiger partial charge on any atom is 0.316 e. The number of unbranched alkanes of at least 4 members (excludes halogenated alkanes) is 1. The highest BCUT2D eigenvalue weighted by Gasteiger charge is 2.23. The molecule has 0 fully saturated rings. The Bertz CT molecular complexity index is 278. The van der Waals surface area contributed by atoms with Gasteiger partial charge in [0.05, 0.1) is 7.11 Å². The summed E-state index contributed by atoms with van der Waals surface area (Å²) in [4.78, 5) is 35.1. The monoisotopic (exact) mass is 257 g/mol. The molecule has 0 heterocycles. The molecule has 104 valence electrons. The van der Waals surface area contributed by atoms with Gasteiger partial charge in [0.25, 0.3) is 0 Å². The lowest BCUT2D eigenvalue weighted by Crippen LogP contribution is -2.27. The molecule has 1 amide bonds. The van der Waals surface area contributed by atoms with Crippen LogP contribution < -0.4 is 0 Å². The number of esters is 1. The summed E-state index contributed by atoms with van der Waals surface area (Å²) >= 11 is 0. The maximum absolute atomic E-state index is 11.3. The Labute approximate surface area is 108 Å². The van der Waals surface area contributed by atoms with E-state index in [1.165, 1.54) is 14.0 Å². The van der Waals surface area contributed by atoms with Gasteiger partial charge in [-0.15, -0.1) is 0 Å². The molecule has 0 radical (unpaired) electrons. The molecule has 1 atom stereocenters. The van der Waals surface area contributed by atoms with E-state index in [2.05, 4.69) is 11.7 Å². The van der Waals surface area contributed by atoms with E-state index >= 15 is 0 Å². The van der Waals surface area contributed by atoms with Gasteiger partial charge in [0, 0.05) is 13.1 Å². The van der Waals surface area contributed by atoms with Gasteiger partial charge in [0.2, 0.25) is 6.41 Å². The van der Waals surface area contributed by atoms with E-state index in [9.17, 15) is 14.4 Å². The summed E-state index contributed by atoms with van der Waals surface area (Å²) in [7, 11) is 1.28. The molecule has 5 heteroatoms. The molecule has 0 aromatic carbocycles. The fourth-order valence-corrected chi connectivity index (χ4v) is 1.71. The van der Waals surface area contributed by atoms with E-state index in [4.69, 9.17) is 0 Å². The molecular formula is C13H23NO4. The van der Waals surface area contributed by atoms with E-state index < -0.39 is 11.9 Å². The first-order chi connectivity index (χ1) is 8.56. The summed E-state index contributed by atoms with van der Waals surface area (Å²) in [5, 5.41) is 0. The zero-order valence-electron chi connectivity index (χ0n) is 11.5. The fourth-order valence-electron chi connectivity index (χ4n) is 1.71. The minimum absolute atomic E-state index is 0.187. The van der Waals surface area contributed by atoms with Gasteiger partial charge in [0.1, 0.15) is 11.7 Å². The van der Waals surface area contributed by atoms with E-state index in [0.717, 1.165) is 25.8 Å². The van der Waals surface area contributed by atoms with E-state index in [1.807, 2.05) is 0 Å². The fraction of sp³-hybridized carbons (Fsp3) is 0.769. The van der Waals surface area contributed by atoms with Crippen LogP contribution in [0.5, 0.6) is 0 Å². The number of amides is 1. The minimum Gasteiger partial charge on any atom is -0.468 e. The van der Waals surface area contributed by atoms with E-state index in [1.54, 1.807) is 4.90 Å². The van der Waals surface area contributed by atoms with Crippen LogP contribution in [0.4, 0.5) is 0 Å². The van der Waals surface area contributed by atoms with Crippen LogP contribution in [-0.2, 0) is 19.1 Å². The average Bonchev–Trinajstić information content (AvgIpc) is 2.36. The van der Waals surface area contributed by atoms with Crippen LogP contribution in [0.15, 0.2) is 0 Å². The molecule has 0 saturated carbocycles. The number of nitrogens with zero attached hydrogens (tertiary/aromatic N) is 1. The van der Waals surface area contributed by atoms with E-state index in [0.29, 0.717) is 19.4 Å². The third kappa shape index (κ3) is 6.37. The van der Waals surface area contributed by atoms with Crippen molar-refractivity contribution in [2.24, 2.45) is 5.92 Å². The summed E-state index contributed by atoms with van der Waals surface area (Å²) in [6.07, 6.45) is 3.87. The lowest BCUT2D eigenvalue weighted by Gasteiger charge is -2.18. The van der Waals surface area contributed by atoms with Gasteiger partial charge in [-0.3, -0.25) is 14.4 Å². The standard InChI is InChI=1S/C13H23NO4/c1-4-5-8-14(10-15)9-6-7-12(11(2)16)13(17)18-3/h10,12H,4-9H2,1-3H3. The molecule has 0 aliphatic carbocycles. The van der Waals surface area contributed by atoms with Crippen molar-refractivity contribution >= 4 is 18.2 Å². The number of hydrogen-bond donors (Lipinski definition) is 0. The zero-order valence-corrected chi connectivity index (χ0v) is 11.5. The van der Waals surface area contributed by atoms with Crippen molar-refractivity contribution in [1.82, 2.24) is 4.90 Å². The third-order valence-electron chi connectivity index (χ3n) is 2.86. The van der Waals surface area contributed by atoms with Crippen LogP contribution in [0.1, 0.15) is 39.5 Å². The number of ether oxygens (including phenoxy) is 1. The Hall–Kier alpha value is -1.39. The zero-order chi connectivity index (χ0) is 14.0. The molecule has 0 bridgehead atoms. The SMILES string of the molecule is CCCCN(C=O)CCCC(C(C)=O)C(=O)OC. The second kappa shape index (κ2) is 9.62. The summed E-state index contributed by atoms with van der Waals surface area (Å²) < 4.78 is 4.58. The summed E-state index contributed by atoms with van der Waals surface area (Å²) in [5.74, 6) is -1.38. The minimum atomic E-state index is -0.699. The molecule has 0 aromatic heterocycles. The Morgan fingerprint density at radius 3 is 2.33 bits per heavy atom. The lowest BCUT2D eigenvalue weighted by molar-refractivity contribution is -0.149. The predicted molar refractivity (Wildman–Crippen MR) is 68.0 cm³/mol. The quantitative estimate of drug-likeness (QED) is 0.337. The van der Waals surface area contributed by atoms with Gasteiger partial charge in [-0.1, -0.05) is 13.3 Å². The number of carbonyl (C=O) groups excluding carboxylic acids is 3. The molecule has 0 aliphatic rings. The Morgan fingerprint density at radius 2 is 1.89 bits per heavy atom. The lowest BCUT2D eigenvalue weighted by atomic mass is 9.99. The van der Waals surface area contributed by atoms with Crippen LogP contribution in [0.2, 0.25) is 0 Å². The molecule has 5 nitrogen and oxygen atoms in total. The molecule has 0 spiro atoms. The molecule has 0 rings (SSSR count). The van der Waals surface area contributed by atoms with Gasteiger partial charge in [-0.2, -0.15) is 0 Å². The molecule has 1 unspecified atom stereocenters. The topological polar surface area (TPSA) is 63.7 Å². The van der Waals surface area contributed by atoms with Crippen LogP contribution >= 0.6 is 0 Å². The number of rotatable bonds is 10. The van der Waals surface area contributed by atoms with Crippen molar-refractivity contribution in [2.45, 2.75) is 39.5 Å². The normalized spacial score (nSPS) is 11.7. The molecule has 0 saturated heterocycles. The van der Waals surface area contributed by atoms with Crippen molar-refractivity contribution in [1.29, 1.82) is 0 Å². The molecule has 0 aromatic rings. The first-order valence-corrected chi connectivity index (χ1v) is 6.34. The molecule has 0 N–H and O–H groups in total.